The van der Waals surface area contributed by atoms with Gasteiger partial charge in [-0.15, -0.1) is 0 Å². The van der Waals surface area contributed by atoms with Crippen molar-refractivity contribution in [3.63, 3.8) is 0 Å². The van der Waals surface area contributed by atoms with Crippen LogP contribution in [-0.2, 0) is 14.3 Å². The van der Waals surface area contributed by atoms with E-state index in [0.717, 1.165) is 0 Å². The fourth-order valence-corrected chi connectivity index (χ4v) is 3.02. The summed E-state index contributed by atoms with van der Waals surface area (Å²) in [6, 6.07) is 4.08. The molecule has 140 valence electrons. The number of ether oxygens (including phenoxy) is 2. The minimum atomic E-state index is -0.735. The molecule has 3 rings (SSSR count). The van der Waals surface area contributed by atoms with Gasteiger partial charge in [-0.2, -0.15) is 0 Å². The lowest BCUT2D eigenvalue weighted by Crippen LogP contribution is -2.53. The Morgan fingerprint density at radius 1 is 1.35 bits per heavy atom. The molecule has 1 aromatic rings. The van der Waals surface area contributed by atoms with Gasteiger partial charge in [0.1, 0.15) is 12.3 Å². The number of fused-ring (bicyclic) bond motifs is 1. The molecular weight excluding hydrogens is 342 g/mol. The predicted molar refractivity (Wildman–Crippen MR) is 92.1 cm³/mol. The second-order valence-corrected chi connectivity index (χ2v) is 6.61. The van der Waals surface area contributed by atoms with Gasteiger partial charge in [0.2, 0.25) is 5.91 Å². The van der Waals surface area contributed by atoms with Crippen LogP contribution >= 0.6 is 0 Å². The second-order valence-electron chi connectivity index (χ2n) is 6.61. The molecule has 0 aromatic heterocycles. The van der Waals surface area contributed by atoms with Crippen LogP contribution in [0.25, 0.3) is 0 Å². The molecule has 2 aliphatic rings. The minimum Gasteiger partial charge on any atom is -0.478 e. The summed E-state index contributed by atoms with van der Waals surface area (Å²) in [6.45, 7) is 5.36. The molecule has 0 bridgehead atoms. The fourth-order valence-electron chi connectivity index (χ4n) is 3.02. The molecule has 0 saturated carbocycles. The summed E-state index contributed by atoms with van der Waals surface area (Å²) in [5.74, 6) is -0.325. The minimum absolute atomic E-state index is 0.105. The quantitative estimate of drug-likeness (QED) is 0.588. The van der Waals surface area contributed by atoms with Crippen LogP contribution in [0.5, 0.6) is 5.75 Å². The second kappa shape index (κ2) is 7.28. The lowest BCUT2D eigenvalue weighted by molar-refractivity contribution is -0.384. The molecule has 0 radical (unpaired) electrons. The van der Waals surface area contributed by atoms with Crippen molar-refractivity contribution in [1.82, 2.24) is 4.90 Å². The molecule has 1 atom stereocenters. The number of anilines is 1. The third-order valence-corrected chi connectivity index (χ3v) is 4.47. The summed E-state index contributed by atoms with van der Waals surface area (Å²) in [4.78, 5) is 39.0. The van der Waals surface area contributed by atoms with Crippen molar-refractivity contribution in [2.45, 2.75) is 20.0 Å². The number of nitro benzene ring substituents is 1. The maximum Gasteiger partial charge on any atom is 0.271 e. The lowest BCUT2D eigenvalue weighted by Gasteiger charge is -2.37. The van der Waals surface area contributed by atoms with Crippen LogP contribution in [0.15, 0.2) is 18.2 Å². The number of rotatable bonds is 4. The van der Waals surface area contributed by atoms with Crippen molar-refractivity contribution in [2.24, 2.45) is 5.92 Å². The number of hydrogen-bond acceptors (Lipinski definition) is 6. The molecular formula is C17H21N3O6. The van der Waals surface area contributed by atoms with Crippen LogP contribution in [0, 0.1) is 16.0 Å². The van der Waals surface area contributed by atoms with Crippen molar-refractivity contribution in [1.29, 1.82) is 0 Å². The first-order valence-electron chi connectivity index (χ1n) is 8.50. The molecule has 0 spiro atoms. The number of amides is 2. The van der Waals surface area contributed by atoms with Crippen LogP contribution in [-0.4, -0.2) is 60.6 Å². The average molecular weight is 363 g/mol. The summed E-state index contributed by atoms with van der Waals surface area (Å²) in [5.41, 5.74) is 0.0923. The van der Waals surface area contributed by atoms with E-state index in [1.807, 2.05) is 13.8 Å². The predicted octanol–water partition coefficient (Wildman–Crippen LogP) is 1.20. The van der Waals surface area contributed by atoms with Gasteiger partial charge in [-0.25, -0.2) is 0 Å². The highest BCUT2D eigenvalue weighted by Gasteiger charge is 2.38. The van der Waals surface area contributed by atoms with E-state index in [1.54, 1.807) is 4.90 Å². The molecule has 1 aromatic carbocycles. The first-order valence-corrected chi connectivity index (χ1v) is 8.50. The fraction of sp³-hybridized carbons (Fsp3) is 0.529. The van der Waals surface area contributed by atoms with Gasteiger partial charge in [0.05, 0.1) is 23.8 Å². The summed E-state index contributed by atoms with van der Waals surface area (Å²) in [5, 5.41) is 11.1. The number of carbonyl (C=O) groups is 2. The number of nitro groups is 1. The normalized spacial score (nSPS) is 20.0. The summed E-state index contributed by atoms with van der Waals surface area (Å²) >= 11 is 0. The molecule has 2 amide bonds. The van der Waals surface area contributed by atoms with Crippen molar-refractivity contribution < 1.29 is 24.0 Å². The third-order valence-electron chi connectivity index (χ3n) is 4.47. The van der Waals surface area contributed by atoms with E-state index < -0.39 is 11.0 Å². The van der Waals surface area contributed by atoms with E-state index in [2.05, 4.69) is 0 Å². The van der Waals surface area contributed by atoms with E-state index in [9.17, 15) is 19.7 Å². The average Bonchev–Trinajstić information content (AvgIpc) is 2.63. The Morgan fingerprint density at radius 3 is 2.65 bits per heavy atom. The van der Waals surface area contributed by atoms with Gasteiger partial charge in [0, 0.05) is 25.2 Å². The SMILES string of the molecule is CC(C)C1Oc2ccc([N+](=O)[O-])cc2N(CC(=O)N2CCOCC2)C1=O. The summed E-state index contributed by atoms with van der Waals surface area (Å²) < 4.78 is 11.0. The van der Waals surface area contributed by atoms with Gasteiger partial charge < -0.3 is 14.4 Å². The Morgan fingerprint density at radius 2 is 2.04 bits per heavy atom. The Bertz CT molecular complexity index is 729. The highest BCUT2D eigenvalue weighted by Crippen LogP contribution is 2.38. The zero-order chi connectivity index (χ0) is 18.8. The van der Waals surface area contributed by atoms with Crippen molar-refractivity contribution in [3.05, 3.63) is 28.3 Å². The molecule has 2 heterocycles. The van der Waals surface area contributed by atoms with Gasteiger partial charge in [0.15, 0.2) is 6.10 Å². The van der Waals surface area contributed by atoms with Crippen LogP contribution < -0.4 is 9.64 Å². The Hall–Kier alpha value is -2.68. The van der Waals surface area contributed by atoms with Crippen LogP contribution in [0.4, 0.5) is 11.4 Å². The molecule has 2 aliphatic heterocycles. The Labute approximate surface area is 150 Å². The molecule has 0 N–H and O–H groups in total. The molecule has 26 heavy (non-hydrogen) atoms. The maximum absolute atomic E-state index is 12.9. The van der Waals surface area contributed by atoms with Crippen LogP contribution in [0.3, 0.4) is 0 Å². The third kappa shape index (κ3) is 3.48. The van der Waals surface area contributed by atoms with Crippen molar-refractivity contribution in [3.8, 4) is 5.75 Å². The van der Waals surface area contributed by atoms with E-state index >= 15 is 0 Å². The Kier molecular flexibility index (Phi) is 5.08. The lowest BCUT2D eigenvalue weighted by atomic mass is 10.0. The van der Waals surface area contributed by atoms with Gasteiger partial charge in [0.25, 0.3) is 11.6 Å². The van der Waals surface area contributed by atoms with Gasteiger partial charge >= 0.3 is 0 Å². The molecule has 1 saturated heterocycles. The maximum atomic E-state index is 12.9. The van der Waals surface area contributed by atoms with E-state index in [0.29, 0.717) is 32.1 Å². The highest BCUT2D eigenvalue weighted by atomic mass is 16.6. The van der Waals surface area contributed by atoms with Gasteiger partial charge in [-0.05, 0) is 12.0 Å². The topological polar surface area (TPSA) is 102 Å². The van der Waals surface area contributed by atoms with E-state index in [4.69, 9.17) is 9.47 Å². The zero-order valence-corrected chi connectivity index (χ0v) is 14.7. The molecule has 1 unspecified atom stereocenters. The van der Waals surface area contributed by atoms with Gasteiger partial charge in [-0.1, -0.05) is 13.8 Å². The number of morpholine rings is 1. The Balaban J connectivity index is 1.92. The van der Waals surface area contributed by atoms with Crippen LogP contribution in [0.2, 0.25) is 0 Å². The largest absolute Gasteiger partial charge is 0.478 e. The van der Waals surface area contributed by atoms with Crippen LogP contribution in [0.1, 0.15) is 13.8 Å². The van der Waals surface area contributed by atoms with E-state index in [1.165, 1.54) is 23.1 Å². The number of nitrogens with zero attached hydrogens (tertiary/aromatic N) is 3. The molecule has 0 aliphatic carbocycles. The first kappa shape index (κ1) is 18.1. The summed E-state index contributed by atoms with van der Waals surface area (Å²) in [7, 11) is 0. The highest BCUT2D eigenvalue weighted by molar-refractivity contribution is 6.04. The zero-order valence-electron chi connectivity index (χ0n) is 14.7. The van der Waals surface area contributed by atoms with Gasteiger partial charge in [-0.3, -0.25) is 24.6 Å². The molecule has 1 fully saturated rings. The standard InChI is InChI=1S/C17H21N3O6/c1-11(2)16-17(22)19(10-15(21)18-5-7-25-8-6-18)13-9-12(20(23)24)3-4-14(13)26-16/h3-4,9,11,16H,5-8,10H2,1-2H3. The van der Waals surface area contributed by atoms with Crippen molar-refractivity contribution >= 4 is 23.2 Å². The number of benzene rings is 1. The number of non-ortho nitro benzene ring substituents is 1. The first-order chi connectivity index (χ1) is 12.4. The molecule has 9 nitrogen and oxygen atoms in total. The van der Waals surface area contributed by atoms with E-state index in [-0.39, 0.29) is 35.7 Å². The smallest absolute Gasteiger partial charge is 0.271 e. The monoisotopic (exact) mass is 363 g/mol. The van der Waals surface area contributed by atoms with Crippen molar-refractivity contribution in [2.75, 3.05) is 37.7 Å². The number of carbonyl (C=O) groups excluding carboxylic acids is 2. The molecule has 9 heteroatoms. The summed E-state index contributed by atoms with van der Waals surface area (Å²) in [6.07, 6.45) is -0.735. The number of hydrogen-bond donors (Lipinski definition) is 0.